The van der Waals surface area contributed by atoms with Gasteiger partial charge in [0.2, 0.25) is 5.15 Å². The van der Waals surface area contributed by atoms with Gasteiger partial charge in [0.1, 0.15) is 6.20 Å². The third-order valence-electron chi connectivity index (χ3n) is 0.892. The molecule has 11 heavy (non-hydrogen) atoms. The molecule has 7 heteroatoms. The lowest BCUT2D eigenvalue weighted by molar-refractivity contribution is -0.385. The van der Waals surface area contributed by atoms with Gasteiger partial charge in [0.15, 0.2) is 3.83 Å². The maximum absolute atomic E-state index is 10.2. The van der Waals surface area contributed by atoms with Crippen LogP contribution in [-0.2, 0) is 0 Å². The minimum atomic E-state index is -0.627. The molecule has 0 fully saturated rings. The minimum Gasteiger partial charge on any atom is -0.258 e. The smallest absolute Gasteiger partial charge is 0.258 e. The van der Waals surface area contributed by atoms with Gasteiger partial charge in [-0.25, -0.2) is 9.97 Å². The second-order valence-electron chi connectivity index (χ2n) is 1.57. The van der Waals surface area contributed by atoms with E-state index in [1.165, 1.54) is 0 Å². The zero-order valence-electron chi connectivity index (χ0n) is 4.99. The van der Waals surface area contributed by atoms with Crippen LogP contribution in [0.25, 0.3) is 0 Å². The Hall–Kier alpha value is -0.500. The van der Waals surface area contributed by atoms with E-state index in [-0.39, 0.29) is 10.8 Å². The minimum absolute atomic E-state index is 0.130. The Morgan fingerprint density at radius 2 is 2.36 bits per heavy atom. The zero-order valence-corrected chi connectivity index (χ0v) is 7.90. The molecule has 0 unspecified atom stereocenters. The molecule has 0 radical (unpaired) electrons. The summed E-state index contributed by atoms with van der Waals surface area (Å²) in [4.78, 5) is 16.7. The van der Waals surface area contributed by atoms with Crippen LogP contribution < -0.4 is 0 Å². The largest absolute Gasteiger partial charge is 0.324 e. The van der Waals surface area contributed by atoms with Gasteiger partial charge in [0.05, 0.1) is 4.92 Å². The lowest BCUT2D eigenvalue weighted by Crippen LogP contribution is -1.94. The first-order valence-corrected chi connectivity index (χ1v) is 3.89. The standard InChI is InChI=1S/C4HClIN3O2/c5-3-2(9(10)11)1-7-4(6)8-3/h1H. The van der Waals surface area contributed by atoms with E-state index in [1.54, 1.807) is 0 Å². The van der Waals surface area contributed by atoms with Crippen molar-refractivity contribution < 1.29 is 4.92 Å². The highest BCUT2D eigenvalue weighted by Crippen LogP contribution is 2.19. The molecule has 0 N–H and O–H groups in total. The predicted molar refractivity (Wildman–Crippen MR) is 46.4 cm³/mol. The van der Waals surface area contributed by atoms with Gasteiger partial charge in [0.25, 0.3) is 0 Å². The average Bonchev–Trinajstić information content (AvgIpc) is 1.85. The van der Waals surface area contributed by atoms with E-state index in [0.717, 1.165) is 6.20 Å². The SMILES string of the molecule is O=[N+]([O-])c1cnc(I)nc1Cl. The van der Waals surface area contributed by atoms with Crippen LogP contribution in [0.15, 0.2) is 6.20 Å². The van der Waals surface area contributed by atoms with Crippen LogP contribution in [0.3, 0.4) is 0 Å². The molecule has 0 aromatic carbocycles. The maximum atomic E-state index is 10.2. The summed E-state index contributed by atoms with van der Waals surface area (Å²) in [7, 11) is 0. The summed E-state index contributed by atoms with van der Waals surface area (Å²) in [6.45, 7) is 0. The molecule has 1 rings (SSSR count). The van der Waals surface area contributed by atoms with Gasteiger partial charge in [0, 0.05) is 22.6 Å². The average molecular weight is 285 g/mol. The molecule has 58 valence electrons. The summed E-state index contributed by atoms with van der Waals surface area (Å²) >= 11 is 7.24. The Bertz CT molecular complexity index is 305. The van der Waals surface area contributed by atoms with Gasteiger partial charge in [-0.05, 0) is 0 Å². The van der Waals surface area contributed by atoms with Crippen LogP contribution in [0.5, 0.6) is 0 Å². The topological polar surface area (TPSA) is 68.9 Å². The fraction of sp³-hybridized carbons (Fsp3) is 0. The summed E-state index contributed by atoms with van der Waals surface area (Å²) in [5.41, 5.74) is -0.271. The summed E-state index contributed by atoms with van der Waals surface area (Å²) in [6.07, 6.45) is 1.08. The molecule has 0 saturated carbocycles. The normalized spacial score (nSPS) is 9.64. The van der Waals surface area contributed by atoms with Crippen molar-refractivity contribution in [1.29, 1.82) is 0 Å². The second-order valence-corrected chi connectivity index (χ2v) is 2.90. The number of nitrogens with zero attached hydrogens (tertiary/aromatic N) is 3. The molecule has 0 aliphatic rings. The van der Waals surface area contributed by atoms with E-state index < -0.39 is 4.92 Å². The van der Waals surface area contributed by atoms with Crippen molar-refractivity contribution in [1.82, 2.24) is 9.97 Å². The highest BCUT2D eigenvalue weighted by molar-refractivity contribution is 14.1. The summed E-state index contributed by atoms with van der Waals surface area (Å²) in [5, 5.41) is 10.0. The highest BCUT2D eigenvalue weighted by atomic mass is 127. The molecule has 0 atom stereocenters. The fourth-order valence-corrected chi connectivity index (χ4v) is 1.18. The van der Waals surface area contributed by atoms with Crippen LogP contribution in [0, 0.1) is 13.9 Å². The van der Waals surface area contributed by atoms with Gasteiger partial charge < -0.3 is 0 Å². The van der Waals surface area contributed by atoms with Crippen LogP contribution in [0.1, 0.15) is 0 Å². The van der Waals surface area contributed by atoms with Crippen LogP contribution in [0.4, 0.5) is 5.69 Å². The molecular formula is C4HClIN3O2. The fourth-order valence-electron chi connectivity index (χ4n) is 0.457. The molecule has 0 spiro atoms. The monoisotopic (exact) mass is 285 g/mol. The second kappa shape index (κ2) is 3.26. The Morgan fingerprint density at radius 3 is 2.82 bits per heavy atom. The molecule has 1 heterocycles. The van der Waals surface area contributed by atoms with E-state index >= 15 is 0 Å². The molecule has 0 saturated heterocycles. The zero-order chi connectivity index (χ0) is 8.43. The Labute approximate surface area is 80.1 Å². The van der Waals surface area contributed by atoms with E-state index in [2.05, 4.69) is 9.97 Å². The van der Waals surface area contributed by atoms with Gasteiger partial charge >= 0.3 is 5.69 Å². The number of aromatic nitrogens is 2. The molecule has 0 bridgehead atoms. The predicted octanol–water partition coefficient (Wildman–Crippen LogP) is 1.64. The first-order chi connectivity index (χ1) is 5.11. The Kier molecular flexibility index (Phi) is 2.55. The van der Waals surface area contributed by atoms with Crippen molar-refractivity contribution in [3.05, 3.63) is 25.3 Å². The summed E-state index contributed by atoms with van der Waals surface area (Å²) in [5.74, 6) is 0. The van der Waals surface area contributed by atoms with E-state index in [1.807, 2.05) is 22.6 Å². The number of halogens is 2. The quantitative estimate of drug-likeness (QED) is 0.259. The van der Waals surface area contributed by atoms with E-state index in [0.29, 0.717) is 3.83 Å². The van der Waals surface area contributed by atoms with Crippen molar-refractivity contribution >= 4 is 39.9 Å². The molecule has 0 aliphatic carbocycles. The molecule has 1 aromatic heterocycles. The molecular weight excluding hydrogens is 284 g/mol. The lowest BCUT2D eigenvalue weighted by Gasteiger charge is -1.92. The van der Waals surface area contributed by atoms with E-state index in [9.17, 15) is 10.1 Å². The maximum Gasteiger partial charge on any atom is 0.324 e. The third kappa shape index (κ3) is 1.96. The third-order valence-corrected chi connectivity index (χ3v) is 1.69. The van der Waals surface area contributed by atoms with Gasteiger partial charge in [-0.15, -0.1) is 0 Å². The van der Waals surface area contributed by atoms with Crippen LogP contribution >= 0.6 is 34.2 Å². The lowest BCUT2D eigenvalue weighted by atomic mass is 10.6. The van der Waals surface area contributed by atoms with Gasteiger partial charge in [-0.3, -0.25) is 10.1 Å². The molecule has 0 aliphatic heterocycles. The highest BCUT2D eigenvalue weighted by Gasteiger charge is 2.13. The molecule has 1 aromatic rings. The van der Waals surface area contributed by atoms with Crippen molar-refractivity contribution in [2.45, 2.75) is 0 Å². The Balaban J connectivity index is 3.20. The first-order valence-electron chi connectivity index (χ1n) is 2.43. The van der Waals surface area contributed by atoms with Gasteiger partial charge in [-0.2, -0.15) is 0 Å². The molecule has 0 amide bonds. The summed E-state index contributed by atoms with van der Waals surface area (Å²) < 4.78 is 0.387. The van der Waals surface area contributed by atoms with Crippen LogP contribution in [-0.4, -0.2) is 14.9 Å². The van der Waals surface area contributed by atoms with E-state index in [4.69, 9.17) is 11.6 Å². The van der Waals surface area contributed by atoms with Crippen LogP contribution in [0.2, 0.25) is 5.15 Å². The number of rotatable bonds is 1. The summed E-state index contributed by atoms with van der Waals surface area (Å²) in [6, 6.07) is 0. The number of hydrogen-bond donors (Lipinski definition) is 0. The number of nitro groups is 1. The number of hydrogen-bond acceptors (Lipinski definition) is 4. The molecule has 5 nitrogen and oxygen atoms in total. The van der Waals surface area contributed by atoms with Crippen molar-refractivity contribution in [2.75, 3.05) is 0 Å². The first kappa shape index (κ1) is 8.60. The van der Waals surface area contributed by atoms with Crippen molar-refractivity contribution in [2.24, 2.45) is 0 Å². The van der Waals surface area contributed by atoms with Gasteiger partial charge in [-0.1, -0.05) is 11.6 Å². The Morgan fingerprint density at radius 1 is 1.73 bits per heavy atom. The van der Waals surface area contributed by atoms with Crippen molar-refractivity contribution in [3.63, 3.8) is 0 Å². The van der Waals surface area contributed by atoms with Crippen molar-refractivity contribution in [3.8, 4) is 0 Å².